The number of nitrogens with one attached hydrogen (secondary N) is 1. The number of carbonyl (C=O) groups is 1. The molecule has 0 unspecified atom stereocenters. The number of nitrogens with zero attached hydrogens (tertiary/aromatic N) is 1. The van der Waals surface area contributed by atoms with E-state index in [9.17, 15) is 13.2 Å². The molecule has 0 saturated heterocycles. The Hall–Kier alpha value is -3.52. The molecule has 3 aromatic rings. The maximum absolute atomic E-state index is 13.6. The monoisotopic (exact) mass is 468 g/mol. The fourth-order valence-corrected chi connectivity index (χ4v) is 4.96. The first kappa shape index (κ1) is 24.1. The molecule has 0 aromatic heterocycles. The molecule has 0 atom stereocenters. The lowest BCUT2D eigenvalue weighted by Gasteiger charge is -2.25. The van der Waals surface area contributed by atoms with E-state index in [1.54, 1.807) is 30.3 Å². The van der Waals surface area contributed by atoms with Gasteiger partial charge >= 0.3 is 0 Å². The van der Waals surface area contributed by atoms with Gasteiger partial charge in [0, 0.05) is 11.8 Å². The van der Waals surface area contributed by atoms with Gasteiger partial charge in [0.2, 0.25) is 5.91 Å². The fourth-order valence-electron chi connectivity index (χ4n) is 3.52. The van der Waals surface area contributed by atoms with Crippen LogP contribution in [0, 0.1) is 6.92 Å². The Labute approximate surface area is 195 Å². The second kappa shape index (κ2) is 10.4. The summed E-state index contributed by atoms with van der Waals surface area (Å²) in [5.74, 6) is 0.252. The lowest BCUT2D eigenvalue weighted by Crippen LogP contribution is -2.38. The largest absolute Gasteiger partial charge is 0.493 e. The van der Waals surface area contributed by atoms with Gasteiger partial charge < -0.3 is 14.8 Å². The Morgan fingerprint density at radius 3 is 2.27 bits per heavy atom. The maximum Gasteiger partial charge on any atom is 0.264 e. The number of amides is 1. The molecule has 0 radical (unpaired) electrons. The Morgan fingerprint density at radius 1 is 0.939 bits per heavy atom. The zero-order valence-electron chi connectivity index (χ0n) is 19.2. The highest BCUT2D eigenvalue weighted by atomic mass is 32.2. The van der Waals surface area contributed by atoms with Gasteiger partial charge in [0.25, 0.3) is 10.0 Å². The van der Waals surface area contributed by atoms with Crippen LogP contribution in [0.3, 0.4) is 0 Å². The average Bonchev–Trinajstić information content (AvgIpc) is 2.83. The molecule has 0 spiro atoms. The van der Waals surface area contributed by atoms with Crippen molar-refractivity contribution in [1.82, 2.24) is 0 Å². The van der Waals surface area contributed by atoms with E-state index < -0.39 is 22.5 Å². The second-order valence-electron chi connectivity index (χ2n) is 7.37. The van der Waals surface area contributed by atoms with Crippen molar-refractivity contribution in [3.63, 3.8) is 0 Å². The van der Waals surface area contributed by atoms with Gasteiger partial charge in [-0.2, -0.15) is 0 Å². The zero-order valence-corrected chi connectivity index (χ0v) is 20.0. The van der Waals surface area contributed by atoms with Crippen LogP contribution >= 0.6 is 0 Å². The quantitative estimate of drug-likeness (QED) is 0.503. The Balaban J connectivity index is 1.99. The molecule has 3 rings (SSSR count). The van der Waals surface area contributed by atoms with Gasteiger partial charge in [0.15, 0.2) is 11.5 Å². The number of aryl methyl sites for hydroxylation is 2. The molecule has 0 aliphatic heterocycles. The highest BCUT2D eigenvalue weighted by Gasteiger charge is 2.28. The van der Waals surface area contributed by atoms with Crippen molar-refractivity contribution < 1.29 is 22.7 Å². The first-order chi connectivity index (χ1) is 15.8. The van der Waals surface area contributed by atoms with Crippen molar-refractivity contribution in [2.24, 2.45) is 0 Å². The second-order valence-corrected chi connectivity index (χ2v) is 9.24. The first-order valence-corrected chi connectivity index (χ1v) is 11.9. The third kappa shape index (κ3) is 5.28. The van der Waals surface area contributed by atoms with Gasteiger partial charge in [-0.25, -0.2) is 8.42 Å². The fraction of sp³-hybridized carbons (Fsp3) is 0.240. The summed E-state index contributed by atoms with van der Waals surface area (Å²) in [6.07, 6.45) is 0.740. The summed E-state index contributed by atoms with van der Waals surface area (Å²) in [7, 11) is -1.18. The number of hydrogen-bond donors (Lipinski definition) is 1. The van der Waals surface area contributed by atoms with E-state index >= 15 is 0 Å². The van der Waals surface area contributed by atoms with Crippen molar-refractivity contribution in [2.75, 3.05) is 30.4 Å². The molecule has 0 aliphatic carbocycles. The predicted octanol–water partition coefficient (Wildman–Crippen LogP) is 4.41. The molecule has 3 aromatic carbocycles. The van der Waals surface area contributed by atoms with E-state index in [4.69, 9.17) is 9.47 Å². The summed E-state index contributed by atoms with van der Waals surface area (Å²) in [6, 6.07) is 18.7. The number of ether oxygens (including phenoxy) is 2. The molecule has 1 N–H and O–H groups in total. The molecule has 1 amide bonds. The number of methoxy groups -OCH3 is 2. The topological polar surface area (TPSA) is 84.9 Å². The first-order valence-electron chi connectivity index (χ1n) is 10.5. The molecule has 0 saturated carbocycles. The summed E-state index contributed by atoms with van der Waals surface area (Å²) in [4.78, 5) is 13.0. The van der Waals surface area contributed by atoms with Gasteiger partial charge in [-0.1, -0.05) is 43.3 Å². The summed E-state index contributed by atoms with van der Waals surface area (Å²) in [6.45, 7) is 3.52. The minimum Gasteiger partial charge on any atom is -0.493 e. The maximum atomic E-state index is 13.6. The smallest absolute Gasteiger partial charge is 0.264 e. The van der Waals surface area contributed by atoms with Crippen LogP contribution < -0.4 is 19.1 Å². The van der Waals surface area contributed by atoms with Crippen LogP contribution in [0.4, 0.5) is 11.4 Å². The van der Waals surface area contributed by atoms with Gasteiger partial charge in [0.05, 0.1) is 24.8 Å². The van der Waals surface area contributed by atoms with Crippen LogP contribution in [0.25, 0.3) is 0 Å². The van der Waals surface area contributed by atoms with Crippen molar-refractivity contribution in [2.45, 2.75) is 25.2 Å². The Morgan fingerprint density at radius 2 is 1.64 bits per heavy atom. The lowest BCUT2D eigenvalue weighted by molar-refractivity contribution is -0.114. The van der Waals surface area contributed by atoms with Crippen LogP contribution in [-0.4, -0.2) is 35.1 Å². The molecule has 0 fully saturated rings. The Bertz CT molecular complexity index is 1230. The van der Waals surface area contributed by atoms with Gasteiger partial charge in [-0.15, -0.1) is 0 Å². The van der Waals surface area contributed by atoms with E-state index in [1.807, 2.05) is 32.0 Å². The van der Waals surface area contributed by atoms with Crippen LogP contribution in [0.5, 0.6) is 11.5 Å². The van der Waals surface area contributed by atoms with Gasteiger partial charge in [0.1, 0.15) is 6.54 Å². The minimum absolute atomic E-state index is 0.0121. The number of anilines is 2. The number of rotatable bonds is 9. The third-order valence-electron chi connectivity index (χ3n) is 5.28. The molecule has 8 heteroatoms. The Kier molecular flexibility index (Phi) is 7.60. The van der Waals surface area contributed by atoms with Crippen molar-refractivity contribution in [3.8, 4) is 11.5 Å². The summed E-state index contributed by atoms with van der Waals surface area (Å²) < 4.78 is 38.8. The molecule has 0 heterocycles. The van der Waals surface area contributed by atoms with E-state index in [0.717, 1.165) is 21.9 Å². The molecule has 33 heavy (non-hydrogen) atoms. The van der Waals surface area contributed by atoms with Crippen LogP contribution in [0.15, 0.2) is 71.6 Å². The summed E-state index contributed by atoms with van der Waals surface area (Å²) in [5, 5.41) is 2.90. The highest BCUT2D eigenvalue weighted by Crippen LogP contribution is 2.32. The number of benzene rings is 3. The van der Waals surface area contributed by atoms with Crippen LogP contribution in [0.2, 0.25) is 0 Å². The molecular weight excluding hydrogens is 440 g/mol. The number of hydrogen-bond acceptors (Lipinski definition) is 5. The van der Waals surface area contributed by atoms with Gasteiger partial charge in [-0.05, 0) is 48.7 Å². The number of carbonyl (C=O) groups excluding carboxylic acids is 1. The molecular formula is C25H28N2O5S. The van der Waals surface area contributed by atoms with Crippen LogP contribution in [0.1, 0.15) is 18.1 Å². The van der Waals surface area contributed by atoms with Crippen LogP contribution in [-0.2, 0) is 21.2 Å². The standard InChI is InChI=1S/C25H28N2O5S/c1-5-19-11-9-10-18(2)25(19)26-24(28)17-27(20-12-7-6-8-13-20)33(29,30)21-14-15-22(31-3)23(16-21)32-4/h6-16H,5,17H2,1-4H3,(H,26,28). The zero-order chi connectivity index (χ0) is 24.0. The normalized spacial score (nSPS) is 11.0. The van der Waals surface area contributed by atoms with Crippen molar-refractivity contribution >= 4 is 27.3 Å². The van der Waals surface area contributed by atoms with E-state index in [1.165, 1.54) is 32.4 Å². The summed E-state index contributed by atoms with van der Waals surface area (Å²) in [5.41, 5.74) is 2.98. The summed E-state index contributed by atoms with van der Waals surface area (Å²) >= 11 is 0. The minimum atomic E-state index is -4.09. The third-order valence-corrected chi connectivity index (χ3v) is 7.05. The molecule has 0 aliphatic rings. The van der Waals surface area contributed by atoms with Crippen molar-refractivity contribution in [3.05, 3.63) is 77.9 Å². The lowest BCUT2D eigenvalue weighted by atomic mass is 10.1. The number of sulfonamides is 1. The highest BCUT2D eigenvalue weighted by molar-refractivity contribution is 7.92. The molecule has 0 bridgehead atoms. The molecule has 7 nitrogen and oxygen atoms in total. The van der Waals surface area contributed by atoms with E-state index in [-0.39, 0.29) is 10.6 Å². The van der Waals surface area contributed by atoms with Gasteiger partial charge in [-0.3, -0.25) is 9.10 Å². The molecule has 174 valence electrons. The van der Waals surface area contributed by atoms with E-state index in [2.05, 4.69) is 5.32 Å². The number of para-hydroxylation sites is 2. The SMILES string of the molecule is CCc1cccc(C)c1NC(=O)CN(c1ccccc1)S(=O)(=O)c1ccc(OC)c(OC)c1. The average molecular weight is 469 g/mol. The van der Waals surface area contributed by atoms with Crippen molar-refractivity contribution in [1.29, 1.82) is 0 Å². The predicted molar refractivity (Wildman–Crippen MR) is 130 cm³/mol. The van der Waals surface area contributed by atoms with E-state index in [0.29, 0.717) is 17.1 Å².